The summed E-state index contributed by atoms with van der Waals surface area (Å²) in [6.07, 6.45) is 0.0331. The van der Waals surface area contributed by atoms with Crippen molar-refractivity contribution in [2.24, 2.45) is 0 Å². The molecule has 1 N–H and O–H groups in total. The van der Waals surface area contributed by atoms with Crippen LogP contribution in [0.4, 0.5) is 0 Å². The second-order valence-corrected chi connectivity index (χ2v) is 6.77. The molecule has 1 rings (SSSR count). The Morgan fingerprint density at radius 2 is 2.10 bits per heavy atom. The van der Waals surface area contributed by atoms with Gasteiger partial charge in [-0.15, -0.1) is 11.3 Å². The number of hydrogen-bond acceptors (Lipinski definition) is 4. The molecular weight excluding hydrogens is 312 g/mol. The van der Waals surface area contributed by atoms with E-state index in [1.807, 2.05) is 30.9 Å². The fourth-order valence-electron chi connectivity index (χ4n) is 2.01. The molecule has 1 aromatic heterocycles. The van der Waals surface area contributed by atoms with Gasteiger partial charge in [0.25, 0.3) is 0 Å². The first-order valence-electron chi connectivity index (χ1n) is 6.77. The first-order valence-corrected chi connectivity index (χ1v) is 7.97. The van der Waals surface area contributed by atoms with Gasteiger partial charge in [0.2, 0.25) is 5.91 Å². The van der Waals surface area contributed by atoms with Gasteiger partial charge in [0.1, 0.15) is 0 Å². The lowest BCUT2D eigenvalue weighted by Gasteiger charge is -2.28. The van der Waals surface area contributed by atoms with Crippen LogP contribution in [0.2, 0.25) is 4.34 Å². The lowest BCUT2D eigenvalue weighted by atomic mass is 10.2. The molecule has 1 unspecified atom stereocenters. The van der Waals surface area contributed by atoms with Crippen LogP contribution in [-0.2, 0) is 16.1 Å². The highest BCUT2D eigenvalue weighted by Gasteiger charge is 2.20. The molecule has 0 fully saturated rings. The zero-order valence-corrected chi connectivity index (χ0v) is 14.1. The average molecular weight is 333 g/mol. The lowest BCUT2D eigenvalue weighted by molar-refractivity contribution is -0.139. The van der Waals surface area contributed by atoms with Crippen molar-refractivity contribution in [3.63, 3.8) is 0 Å². The fraction of sp³-hybridized carbons (Fsp3) is 0.571. The summed E-state index contributed by atoms with van der Waals surface area (Å²) in [5.74, 6) is -0.881. The molecule has 0 radical (unpaired) electrons. The van der Waals surface area contributed by atoms with Crippen LogP contribution in [-0.4, -0.2) is 53.0 Å². The minimum absolute atomic E-state index is 0.0291. The molecule has 0 aliphatic carbocycles. The van der Waals surface area contributed by atoms with Gasteiger partial charge in [-0.3, -0.25) is 14.5 Å². The number of amides is 1. The van der Waals surface area contributed by atoms with Crippen LogP contribution < -0.4 is 0 Å². The van der Waals surface area contributed by atoms with Crippen molar-refractivity contribution in [3.05, 3.63) is 21.3 Å². The summed E-state index contributed by atoms with van der Waals surface area (Å²) in [6.45, 7) is 5.12. The molecule has 1 aromatic rings. The van der Waals surface area contributed by atoms with Crippen molar-refractivity contribution in [1.82, 2.24) is 9.80 Å². The lowest BCUT2D eigenvalue weighted by Crippen LogP contribution is -2.42. The Bertz CT molecular complexity index is 492. The maximum Gasteiger partial charge on any atom is 0.304 e. The van der Waals surface area contributed by atoms with Crippen LogP contribution in [0.15, 0.2) is 12.1 Å². The van der Waals surface area contributed by atoms with Gasteiger partial charge in [-0.25, -0.2) is 0 Å². The molecule has 0 saturated carbocycles. The predicted octanol–water partition coefficient (Wildman–Crippen LogP) is 2.54. The summed E-state index contributed by atoms with van der Waals surface area (Å²) >= 11 is 7.32. The van der Waals surface area contributed by atoms with Gasteiger partial charge < -0.3 is 10.0 Å². The SMILES string of the molecule is CCN(CC(=O)N(C)Cc1ccc(Cl)s1)C(C)CC(=O)O. The predicted molar refractivity (Wildman–Crippen MR) is 84.8 cm³/mol. The Morgan fingerprint density at radius 1 is 1.43 bits per heavy atom. The monoisotopic (exact) mass is 332 g/mol. The van der Waals surface area contributed by atoms with Crippen molar-refractivity contribution >= 4 is 34.8 Å². The van der Waals surface area contributed by atoms with Crippen molar-refractivity contribution < 1.29 is 14.7 Å². The smallest absolute Gasteiger partial charge is 0.304 e. The first-order chi connectivity index (χ1) is 9.83. The van der Waals surface area contributed by atoms with Gasteiger partial charge in [0.15, 0.2) is 0 Å². The van der Waals surface area contributed by atoms with Gasteiger partial charge in [-0.1, -0.05) is 18.5 Å². The number of carboxylic acid groups (broad SMARTS) is 1. The molecule has 1 heterocycles. The molecule has 0 bridgehead atoms. The summed E-state index contributed by atoms with van der Waals surface area (Å²) in [5, 5.41) is 8.84. The van der Waals surface area contributed by atoms with Crippen molar-refractivity contribution in [3.8, 4) is 0 Å². The molecule has 0 aliphatic heterocycles. The second kappa shape index (κ2) is 8.36. The number of carbonyl (C=O) groups is 2. The van der Waals surface area contributed by atoms with Crippen LogP contribution in [0.5, 0.6) is 0 Å². The number of carboxylic acids is 1. The number of likely N-dealkylation sites (N-methyl/N-ethyl adjacent to an activating group) is 2. The van der Waals surface area contributed by atoms with Crippen LogP contribution in [0, 0.1) is 0 Å². The van der Waals surface area contributed by atoms with E-state index in [4.69, 9.17) is 16.7 Å². The number of hydrogen-bond donors (Lipinski definition) is 1. The number of rotatable bonds is 8. The van der Waals surface area contributed by atoms with E-state index in [2.05, 4.69) is 0 Å². The van der Waals surface area contributed by atoms with Crippen molar-refractivity contribution in [2.75, 3.05) is 20.1 Å². The van der Waals surface area contributed by atoms with E-state index >= 15 is 0 Å². The minimum Gasteiger partial charge on any atom is -0.481 e. The molecule has 0 aromatic carbocycles. The first kappa shape index (κ1) is 17.9. The topological polar surface area (TPSA) is 60.9 Å². The molecule has 0 saturated heterocycles. The normalized spacial score (nSPS) is 12.4. The summed E-state index contributed by atoms with van der Waals surface area (Å²) < 4.78 is 0.705. The molecule has 118 valence electrons. The van der Waals surface area contributed by atoms with E-state index in [0.29, 0.717) is 17.4 Å². The zero-order valence-electron chi connectivity index (χ0n) is 12.5. The number of halogens is 1. The average Bonchev–Trinajstić information content (AvgIpc) is 2.79. The summed E-state index contributed by atoms with van der Waals surface area (Å²) in [5.41, 5.74) is 0. The van der Waals surface area contributed by atoms with Gasteiger partial charge in [-0.2, -0.15) is 0 Å². The zero-order chi connectivity index (χ0) is 16.0. The maximum atomic E-state index is 12.2. The number of thiophene rings is 1. The van der Waals surface area contributed by atoms with E-state index in [9.17, 15) is 9.59 Å². The minimum atomic E-state index is -0.852. The van der Waals surface area contributed by atoms with E-state index in [0.717, 1.165) is 4.88 Å². The van der Waals surface area contributed by atoms with Crippen LogP contribution >= 0.6 is 22.9 Å². The van der Waals surface area contributed by atoms with Gasteiger partial charge in [0.05, 0.1) is 23.8 Å². The Kier molecular flexibility index (Phi) is 7.14. The molecule has 5 nitrogen and oxygen atoms in total. The molecule has 0 spiro atoms. The van der Waals surface area contributed by atoms with Crippen molar-refractivity contribution in [1.29, 1.82) is 0 Å². The third-order valence-electron chi connectivity index (χ3n) is 3.29. The summed E-state index contributed by atoms with van der Waals surface area (Å²) in [4.78, 5) is 27.5. The fourth-order valence-corrected chi connectivity index (χ4v) is 3.16. The number of carbonyl (C=O) groups excluding carboxylic acids is 1. The molecule has 21 heavy (non-hydrogen) atoms. The standard InChI is InChI=1S/C14H21ClN2O3S/c1-4-17(10(2)7-14(19)20)9-13(18)16(3)8-11-5-6-12(15)21-11/h5-6,10H,4,7-9H2,1-3H3,(H,19,20). The van der Waals surface area contributed by atoms with E-state index in [1.165, 1.54) is 11.3 Å². The maximum absolute atomic E-state index is 12.2. The quantitative estimate of drug-likeness (QED) is 0.794. The second-order valence-electron chi connectivity index (χ2n) is 4.97. The highest BCUT2D eigenvalue weighted by Crippen LogP contribution is 2.22. The van der Waals surface area contributed by atoms with Crippen LogP contribution in [0.3, 0.4) is 0 Å². The molecule has 0 aliphatic rings. The highest BCUT2D eigenvalue weighted by atomic mass is 35.5. The Hall–Kier alpha value is -1.11. The molecule has 7 heteroatoms. The van der Waals surface area contributed by atoms with E-state index in [1.54, 1.807) is 11.9 Å². The van der Waals surface area contributed by atoms with E-state index in [-0.39, 0.29) is 24.9 Å². The Labute approximate surface area is 134 Å². The third kappa shape index (κ3) is 6.03. The van der Waals surface area contributed by atoms with E-state index < -0.39 is 5.97 Å². The van der Waals surface area contributed by atoms with Crippen LogP contribution in [0.1, 0.15) is 25.1 Å². The third-order valence-corrected chi connectivity index (χ3v) is 4.50. The summed E-state index contributed by atoms with van der Waals surface area (Å²) in [6, 6.07) is 3.55. The summed E-state index contributed by atoms with van der Waals surface area (Å²) in [7, 11) is 1.74. The van der Waals surface area contributed by atoms with Gasteiger partial charge >= 0.3 is 5.97 Å². The van der Waals surface area contributed by atoms with Gasteiger partial charge in [0, 0.05) is 18.0 Å². The van der Waals surface area contributed by atoms with Crippen LogP contribution in [0.25, 0.3) is 0 Å². The highest BCUT2D eigenvalue weighted by molar-refractivity contribution is 7.16. The molecular formula is C14H21ClN2O3S. The largest absolute Gasteiger partial charge is 0.481 e. The Morgan fingerprint density at radius 3 is 2.57 bits per heavy atom. The molecule has 1 amide bonds. The Balaban J connectivity index is 2.54. The number of nitrogens with zero attached hydrogens (tertiary/aromatic N) is 2. The molecule has 1 atom stereocenters. The van der Waals surface area contributed by atoms with Crippen molar-refractivity contribution in [2.45, 2.75) is 32.9 Å². The van der Waals surface area contributed by atoms with Gasteiger partial charge in [-0.05, 0) is 25.6 Å². The number of aliphatic carboxylic acids is 1.